The summed E-state index contributed by atoms with van der Waals surface area (Å²) in [4.78, 5) is 13.4. The molecular formula is C14H27N3O. The highest BCUT2D eigenvalue weighted by Gasteiger charge is 2.39. The number of hydrazine groups is 1. The number of hydrogen-bond donors (Lipinski definition) is 2. The van der Waals surface area contributed by atoms with Crippen molar-refractivity contribution < 1.29 is 4.79 Å². The van der Waals surface area contributed by atoms with Gasteiger partial charge in [-0.1, -0.05) is 6.42 Å². The van der Waals surface area contributed by atoms with Crippen molar-refractivity contribution in [2.45, 2.75) is 44.9 Å². The molecule has 0 aromatic carbocycles. The third-order valence-corrected chi connectivity index (χ3v) is 4.79. The number of hydrogen-bond acceptors (Lipinski definition) is 3. The summed E-state index contributed by atoms with van der Waals surface area (Å²) in [6.45, 7) is 2.36. The number of amides is 1. The van der Waals surface area contributed by atoms with E-state index in [4.69, 9.17) is 5.84 Å². The highest BCUT2D eigenvalue weighted by molar-refractivity contribution is 5.75. The molecule has 4 heteroatoms. The van der Waals surface area contributed by atoms with Gasteiger partial charge in [0.1, 0.15) is 0 Å². The lowest BCUT2D eigenvalue weighted by Gasteiger charge is -2.27. The molecule has 1 amide bonds. The molecule has 0 saturated heterocycles. The van der Waals surface area contributed by atoms with Gasteiger partial charge in [0.25, 0.3) is 0 Å². The normalized spacial score (nSPS) is 30.1. The minimum atomic E-state index is -0.0502. The Kier molecular flexibility index (Phi) is 5.01. The average Bonchev–Trinajstić information content (AvgIpc) is 2.96. The van der Waals surface area contributed by atoms with Crippen molar-refractivity contribution in [2.75, 3.05) is 20.1 Å². The van der Waals surface area contributed by atoms with E-state index in [0.717, 1.165) is 37.1 Å². The Morgan fingerprint density at radius 2 is 2.17 bits per heavy atom. The van der Waals surface area contributed by atoms with Crippen molar-refractivity contribution in [2.24, 2.45) is 23.6 Å². The van der Waals surface area contributed by atoms with E-state index < -0.39 is 0 Å². The Hall–Kier alpha value is -0.610. The van der Waals surface area contributed by atoms with Crippen LogP contribution in [0.1, 0.15) is 44.9 Å². The van der Waals surface area contributed by atoms with Crippen LogP contribution in [-0.4, -0.2) is 30.9 Å². The Morgan fingerprint density at radius 1 is 1.33 bits per heavy atom. The topological polar surface area (TPSA) is 58.4 Å². The zero-order valence-corrected chi connectivity index (χ0v) is 11.5. The van der Waals surface area contributed by atoms with Crippen LogP contribution in [0, 0.1) is 17.8 Å². The monoisotopic (exact) mass is 253 g/mol. The van der Waals surface area contributed by atoms with Crippen LogP contribution in [0.5, 0.6) is 0 Å². The second-order valence-electron chi connectivity index (χ2n) is 6.22. The third-order valence-electron chi connectivity index (χ3n) is 4.79. The van der Waals surface area contributed by atoms with Crippen molar-refractivity contribution >= 4 is 5.91 Å². The molecule has 3 unspecified atom stereocenters. The maximum Gasteiger partial charge on any atom is 0.233 e. The summed E-state index contributed by atoms with van der Waals surface area (Å²) in [5.74, 6) is 8.00. The van der Waals surface area contributed by atoms with Gasteiger partial charge in [-0.05, 0) is 63.5 Å². The Balaban J connectivity index is 1.55. The summed E-state index contributed by atoms with van der Waals surface area (Å²) >= 11 is 0. The number of unbranched alkanes of at least 4 members (excludes halogenated alkanes) is 1. The summed E-state index contributed by atoms with van der Waals surface area (Å²) < 4.78 is 0. The molecule has 0 aromatic heterocycles. The van der Waals surface area contributed by atoms with Crippen LogP contribution >= 0.6 is 0 Å². The highest BCUT2D eigenvalue weighted by Crippen LogP contribution is 2.48. The van der Waals surface area contributed by atoms with Gasteiger partial charge >= 0.3 is 0 Å². The van der Waals surface area contributed by atoms with Crippen LogP contribution in [0.25, 0.3) is 0 Å². The van der Waals surface area contributed by atoms with E-state index >= 15 is 0 Å². The number of nitrogens with one attached hydrogen (secondary N) is 1. The van der Waals surface area contributed by atoms with Crippen molar-refractivity contribution in [1.82, 2.24) is 10.3 Å². The maximum absolute atomic E-state index is 11.0. The van der Waals surface area contributed by atoms with E-state index in [-0.39, 0.29) is 5.91 Å². The fourth-order valence-corrected chi connectivity index (χ4v) is 3.83. The molecule has 0 aromatic rings. The van der Waals surface area contributed by atoms with Crippen LogP contribution in [0.4, 0.5) is 0 Å². The van der Waals surface area contributed by atoms with E-state index in [0.29, 0.717) is 6.42 Å². The van der Waals surface area contributed by atoms with Crippen LogP contribution in [0.3, 0.4) is 0 Å². The molecule has 3 atom stereocenters. The van der Waals surface area contributed by atoms with Gasteiger partial charge in [0.05, 0.1) is 0 Å². The number of carbonyl (C=O) groups excluding carboxylic acids is 1. The van der Waals surface area contributed by atoms with Crippen molar-refractivity contribution in [3.8, 4) is 0 Å². The first kappa shape index (κ1) is 13.8. The zero-order valence-electron chi connectivity index (χ0n) is 11.5. The molecule has 2 rings (SSSR count). The Bertz CT molecular complexity index is 282. The molecule has 0 spiro atoms. The van der Waals surface area contributed by atoms with Crippen LogP contribution in [0.2, 0.25) is 0 Å². The number of nitrogens with two attached hydrogens (primary N) is 1. The first-order chi connectivity index (χ1) is 8.69. The predicted molar refractivity (Wildman–Crippen MR) is 72.6 cm³/mol. The molecule has 104 valence electrons. The zero-order chi connectivity index (χ0) is 13.0. The molecule has 3 N–H and O–H groups in total. The predicted octanol–water partition coefficient (Wildman–Crippen LogP) is 1.51. The van der Waals surface area contributed by atoms with Crippen molar-refractivity contribution in [3.63, 3.8) is 0 Å². The maximum atomic E-state index is 11.0. The summed E-state index contributed by atoms with van der Waals surface area (Å²) in [5.41, 5.74) is 2.18. The largest absolute Gasteiger partial charge is 0.306 e. The second-order valence-corrected chi connectivity index (χ2v) is 6.22. The lowest BCUT2D eigenvalue weighted by Crippen LogP contribution is -2.31. The molecule has 2 fully saturated rings. The summed E-state index contributed by atoms with van der Waals surface area (Å²) in [6, 6.07) is 0. The molecule has 18 heavy (non-hydrogen) atoms. The smallest absolute Gasteiger partial charge is 0.233 e. The summed E-state index contributed by atoms with van der Waals surface area (Å²) in [7, 11) is 2.22. The lowest BCUT2D eigenvalue weighted by atomic mass is 9.88. The average molecular weight is 253 g/mol. The van der Waals surface area contributed by atoms with E-state index in [2.05, 4.69) is 17.4 Å². The van der Waals surface area contributed by atoms with Gasteiger partial charge in [0, 0.05) is 13.0 Å². The molecular weight excluding hydrogens is 226 g/mol. The van der Waals surface area contributed by atoms with Gasteiger partial charge in [0.15, 0.2) is 0 Å². The molecule has 2 aliphatic rings. The molecule has 2 aliphatic carbocycles. The first-order valence-electron chi connectivity index (χ1n) is 7.37. The molecule has 4 nitrogen and oxygen atoms in total. The van der Waals surface area contributed by atoms with Gasteiger partial charge in [-0.3, -0.25) is 10.2 Å². The van der Waals surface area contributed by atoms with Crippen molar-refractivity contribution in [3.05, 3.63) is 0 Å². The standard InChI is InChI=1S/C14H27N3O/c1-17(7-3-2-4-14(18)16-15)10-13-9-11-5-6-12(13)8-11/h11-13H,2-10,15H2,1H3,(H,16,18). The fourth-order valence-electron chi connectivity index (χ4n) is 3.83. The Labute approximate surface area is 110 Å². The lowest BCUT2D eigenvalue weighted by molar-refractivity contribution is -0.121. The van der Waals surface area contributed by atoms with Crippen molar-refractivity contribution in [1.29, 1.82) is 0 Å². The van der Waals surface area contributed by atoms with Crippen LogP contribution in [-0.2, 0) is 4.79 Å². The molecule has 0 aliphatic heterocycles. The van der Waals surface area contributed by atoms with Gasteiger partial charge in [-0.2, -0.15) is 0 Å². The molecule has 0 heterocycles. The fraction of sp³-hybridized carbons (Fsp3) is 0.929. The van der Waals surface area contributed by atoms with E-state index in [1.165, 1.54) is 32.2 Å². The summed E-state index contributed by atoms with van der Waals surface area (Å²) in [5, 5.41) is 0. The minimum absolute atomic E-state index is 0.0502. The van der Waals surface area contributed by atoms with E-state index in [1.54, 1.807) is 0 Å². The second kappa shape index (κ2) is 6.53. The van der Waals surface area contributed by atoms with E-state index in [9.17, 15) is 4.79 Å². The van der Waals surface area contributed by atoms with Gasteiger partial charge in [-0.25, -0.2) is 5.84 Å². The van der Waals surface area contributed by atoms with Gasteiger partial charge in [-0.15, -0.1) is 0 Å². The van der Waals surface area contributed by atoms with Crippen LogP contribution in [0.15, 0.2) is 0 Å². The quantitative estimate of drug-likeness (QED) is 0.313. The Morgan fingerprint density at radius 3 is 2.78 bits per heavy atom. The number of carbonyl (C=O) groups is 1. The van der Waals surface area contributed by atoms with Gasteiger partial charge < -0.3 is 4.90 Å². The number of rotatable bonds is 7. The highest BCUT2D eigenvalue weighted by atomic mass is 16.2. The summed E-state index contributed by atoms with van der Waals surface area (Å²) in [6.07, 6.45) is 8.49. The minimum Gasteiger partial charge on any atom is -0.306 e. The third kappa shape index (κ3) is 3.69. The van der Waals surface area contributed by atoms with E-state index in [1.807, 2.05) is 0 Å². The first-order valence-corrected chi connectivity index (χ1v) is 7.37. The number of fused-ring (bicyclic) bond motifs is 2. The molecule has 0 radical (unpaired) electrons. The molecule has 2 bridgehead atoms. The van der Waals surface area contributed by atoms with Gasteiger partial charge in [0.2, 0.25) is 5.91 Å². The SMILES string of the molecule is CN(CCCCC(=O)NN)CC1CC2CCC1C2. The molecule has 2 saturated carbocycles. The van der Waals surface area contributed by atoms with Crippen LogP contribution < -0.4 is 11.3 Å². The number of nitrogens with zero attached hydrogens (tertiary/aromatic N) is 1.